The summed E-state index contributed by atoms with van der Waals surface area (Å²) in [7, 11) is 0. The molecular formula is C14H16F2N2O2. The number of benzene rings is 1. The van der Waals surface area contributed by atoms with E-state index in [-0.39, 0.29) is 18.1 Å². The van der Waals surface area contributed by atoms with Crippen molar-refractivity contribution in [1.29, 1.82) is 0 Å². The van der Waals surface area contributed by atoms with Gasteiger partial charge in [0.2, 0.25) is 5.89 Å². The smallest absolute Gasteiger partial charge is 0.232 e. The minimum atomic E-state index is -0.707. The molecule has 1 aromatic heterocycles. The number of aliphatic hydroxyl groups excluding tert-OH is 1. The Bertz CT molecular complexity index is 552. The van der Waals surface area contributed by atoms with E-state index in [1.807, 2.05) is 11.8 Å². The lowest BCUT2D eigenvalue weighted by Gasteiger charge is -2.16. The van der Waals surface area contributed by atoms with Crippen molar-refractivity contribution in [2.45, 2.75) is 13.5 Å². The molecule has 0 spiro atoms. The second-order valence-electron chi connectivity index (χ2n) is 4.33. The fourth-order valence-corrected chi connectivity index (χ4v) is 1.92. The molecule has 1 aromatic carbocycles. The van der Waals surface area contributed by atoms with Gasteiger partial charge in [-0.3, -0.25) is 4.90 Å². The number of halogens is 2. The van der Waals surface area contributed by atoms with Crippen molar-refractivity contribution < 1.29 is 18.3 Å². The highest BCUT2D eigenvalue weighted by Crippen LogP contribution is 2.25. The van der Waals surface area contributed by atoms with Crippen molar-refractivity contribution in [3.05, 3.63) is 41.8 Å². The van der Waals surface area contributed by atoms with E-state index < -0.39 is 11.6 Å². The van der Waals surface area contributed by atoms with Crippen LogP contribution in [0.3, 0.4) is 0 Å². The first-order chi connectivity index (χ1) is 9.65. The van der Waals surface area contributed by atoms with Crippen LogP contribution in [0.2, 0.25) is 0 Å². The van der Waals surface area contributed by atoms with Gasteiger partial charge in [-0.25, -0.2) is 13.8 Å². The summed E-state index contributed by atoms with van der Waals surface area (Å²) in [5.74, 6) is -1.49. The van der Waals surface area contributed by atoms with E-state index in [1.54, 1.807) is 0 Å². The number of hydrogen-bond donors (Lipinski definition) is 1. The quantitative estimate of drug-likeness (QED) is 0.884. The maximum absolute atomic E-state index is 13.6. The van der Waals surface area contributed by atoms with Crippen LogP contribution in [-0.4, -0.2) is 34.7 Å². The highest BCUT2D eigenvalue weighted by atomic mass is 19.1. The lowest BCUT2D eigenvalue weighted by molar-refractivity contribution is 0.195. The van der Waals surface area contributed by atoms with Gasteiger partial charge >= 0.3 is 0 Å². The van der Waals surface area contributed by atoms with Crippen molar-refractivity contribution in [3.8, 4) is 11.5 Å². The van der Waals surface area contributed by atoms with Gasteiger partial charge in [0.1, 0.15) is 23.5 Å². The van der Waals surface area contributed by atoms with Crippen LogP contribution in [0.25, 0.3) is 11.5 Å². The summed E-state index contributed by atoms with van der Waals surface area (Å²) in [6, 6.07) is 3.61. The van der Waals surface area contributed by atoms with Gasteiger partial charge in [-0.05, 0) is 18.7 Å². The Hall–Kier alpha value is -1.79. The third-order valence-electron chi connectivity index (χ3n) is 2.98. The van der Waals surface area contributed by atoms with Gasteiger partial charge in [0.15, 0.2) is 0 Å². The molecule has 6 heteroatoms. The monoisotopic (exact) mass is 282 g/mol. The maximum atomic E-state index is 13.6. The molecule has 0 amide bonds. The lowest BCUT2D eigenvalue weighted by Crippen LogP contribution is -2.26. The van der Waals surface area contributed by atoms with Crippen LogP contribution in [0.4, 0.5) is 8.78 Å². The molecule has 0 fully saturated rings. The van der Waals surface area contributed by atoms with Gasteiger partial charge in [0.25, 0.3) is 0 Å². The van der Waals surface area contributed by atoms with E-state index in [9.17, 15) is 8.78 Å². The van der Waals surface area contributed by atoms with E-state index in [2.05, 4.69) is 4.98 Å². The molecule has 1 heterocycles. The van der Waals surface area contributed by atoms with E-state index in [1.165, 1.54) is 12.3 Å². The molecule has 2 aromatic rings. The van der Waals surface area contributed by atoms with E-state index in [0.29, 0.717) is 18.8 Å². The Kier molecular flexibility index (Phi) is 4.81. The Labute approximate surface area is 115 Å². The van der Waals surface area contributed by atoms with E-state index in [0.717, 1.165) is 18.7 Å². The molecule has 20 heavy (non-hydrogen) atoms. The SMILES string of the molecule is CCN(CCO)Cc1coc(-c2c(F)cccc2F)n1. The molecule has 1 N–H and O–H groups in total. The zero-order chi connectivity index (χ0) is 14.5. The number of nitrogens with zero attached hydrogens (tertiary/aromatic N) is 2. The fraction of sp³-hybridized carbons (Fsp3) is 0.357. The molecule has 0 bridgehead atoms. The normalized spacial score (nSPS) is 11.2. The number of aromatic nitrogens is 1. The molecule has 108 valence electrons. The minimum Gasteiger partial charge on any atom is -0.444 e. The molecule has 0 aliphatic rings. The summed E-state index contributed by atoms with van der Waals surface area (Å²) in [6.45, 7) is 3.69. The fourth-order valence-electron chi connectivity index (χ4n) is 1.92. The van der Waals surface area contributed by atoms with Crippen LogP contribution in [-0.2, 0) is 6.54 Å². The van der Waals surface area contributed by atoms with Crippen molar-refractivity contribution in [2.75, 3.05) is 19.7 Å². The molecule has 0 aliphatic carbocycles. The van der Waals surface area contributed by atoms with Crippen molar-refractivity contribution >= 4 is 0 Å². The number of aliphatic hydroxyl groups is 1. The highest BCUT2D eigenvalue weighted by Gasteiger charge is 2.17. The summed E-state index contributed by atoms with van der Waals surface area (Å²) in [5.41, 5.74) is 0.307. The summed E-state index contributed by atoms with van der Waals surface area (Å²) in [5, 5.41) is 8.92. The molecule has 2 rings (SSSR count). The van der Waals surface area contributed by atoms with Crippen LogP contribution in [0, 0.1) is 11.6 Å². The topological polar surface area (TPSA) is 49.5 Å². The molecule has 0 atom stereocenters. The number of rotatable bonds is 6. The Morgan fingerprint density at radius 1 is 1.30 bits per heavy atom. The Morgan fingerprint density at radius 2 is 2.00 bits per heavy atom. The number of likely N-dealkylation sites (N-methyl/N-ethyl adjacent to an activating group) is 1. The average Bonchev–Trinajstić information content (AvgIpc) is 2.86. The molecule has 0 saturated carbocycles. The van der Waals surface area contributed by atoms with E-state index in [4.69, 9.17) is 9.52 Å². The maximum Gasteiger partial charge on any atom is 0.232 e. The van der Waals surface area contributed by atoms with Gasteiger partial charge in [0, 0.05) is 13.1 Å². The van der Waals surface area contributed by atoms with Gasteiger partial charge < -0.3 is 9.52 Å². The van der Waals surface area contributed by atoms with Gasteiger partial charge in [0.05, 0.1) is 12.3 Å². The summed E-state index contributed by atoms with van der Waals surface area (Å²) in [4.78, 5) is 6.05. The zero-order valence-corrected chi connectivity index (χ0v) is 11.1. The lowest BCUT2D eigenvalue weighted by atomic mass is 10.2. The second-order valence-corrected chi connectivity index (χ2v) is 4.33. The second kappa shape index (κ2) is 6.58. The third kappa shape index (κ3) is 3.20. The molecule has 4 nitrogen and oxygen atoms in total. The summed E-state index contributed by atoms with van der Waals surface area (Å²) in [6.07, 6.45) is 1.38. The number of hydrogen-bond acceptors (Lipinski definition) is 4. The average molecular weight is 282 g/mol. The largest absolute Gasteiger partial charge is 0.444 e. The molecule has 0 unspecified atom stereocenters. The van der Waals surface area contributed by atoms with Crippen molar-refractivity contribution in [2.24, 2.45) is 0 Å². The van der Waals surface area contributed by atoms with Crippen LogP contribution < -0.4 is 0 Å². The van der Waals surface area contributed by atoms with Crippen molar-refractivity contribution in [3.63, 3.8) is 0 Å². The standard InChI is InChI=1S/C14H16F2N2O2/c1-2-18(6-7-19)8-10-9-20-14(17-10)13-11(15)4-3-5-12(13)16/h3-5,9,19H,2,6-8H2,1H3. The molecular weight excluding hydrogens is 266 g/mol. The highest BCUT2D eigenvalue weighted by molar-refractivity contribution is 5.55. The predicted molar refractivity (Wildman–Crippen MR) is 69.9 cm³/mol. The van der Waals surface area contributed by atoms with E-state index >= 15 is 0 Å². The summed E-state index contributed by atoms with van der Waals surface area (Å²) >= 11 is 0. The van der Waals surface area contributed by atoms with Crippen molar-refractivity contribution in [1.82, 2.24) is 9.88 Å². The first-order valence-corrected chi connectivity index (χ1v) is 6.37. The van der Waals surface area contributed by atoms with Gasteiger partial charge in [-0.15, -0.1) is 0 Å². The molecule has 0 radical (unpaired) electrons. The number of oxazole rings is 1. The third-order valence-corrected chi connectivity index (χ3v) is 2.98. The van der Waals surface area contributed by atoms with Crippen LogP contribution in [0.5, 0.6) is 0 Å². The predicted octanol–water partition coefficient (Wildman–Crippen LogP) is 2.43. The first-order valence-electron chi connectivity index (χ1n) is 6.37. The minimum absolute atomic E-state index is 0.0422. The van der Waals surface area contributed by atoms with Crippen LogP contribution >= 0.6 is 0 Å². The first kappa shape index (κ1) is 14.6. The van der Waals surface area contributed by atoms with Gasteiger partial charge in [-0.2, -0.15) is 0 Å². The Balaban J connectivity index is 2.20. The van der Waals surface area contributed by atoms with Crippen LogP contribution in [0.15, 0.2) is 28.9 Å². The summed E-state index contributed by atoms with van der Waals surface area (Å²) < 4.78 is 32.4. The zero-order valence-electron chi connectivity index (χ0n) is 11.1. The Morgan fingerprint density at radius 3 is 2.60 bits per heavy atom. The molecule has 0 saturated heterocycles. The van der Waals surface area contributed by atoms with Crippen LogP contribution in [0.1, 0.15) is 12.6 Å². The molecule has 0 aliphatic heterocycles. The van der Waals surface area contributed by atoms with Gasteiger partial charge in [-0.1, -0.05) is 13.0 Å².